The van der Waals surface area contributed by atoms with Crippen LogP contribution in [0.2, 0.25) is 0 Å². The van der Waals surface area contributed by atoms with Gasteiger partial charge < -0.3 is 16.0 Å². The Morgan fingerprint density at radius 2 is 1.61 bits per heavy atom. The van der Waals surface area contributed by atoms with Crippen LogP contribution in [-0.2, 0) is 9.59 Å². The van der Waals surface area contributed by atoms with Gasteiger partial charge in [-0.25, -0.2) is 4.79 Å². The van der Waals surface area contributed by atoms with Crippen LogP contribution in [0, 0.1) is 0 Å². The van der Waals surface area contributed by atoms with Crippen molar-refractivity contribution in [3.8, 4) is 0 Å². The quantitative estimate of drug-likeness (QED) is 0.419. The molecule has 0 aliphatic heterocycles. The topological polar surface area (TPSA) is 125 Å². The molecule has 0 aliphatic rings. The van der Waals surface area contributed by atoms with Crippen molar-refractivity contribution in [2.45, 2.75) is 37.6 Å². The van der Waals surface area contributed by atoms with Crippen molar-refractivity contribution in [2.24, 2.45) is 0 Å². The van der Waals surface area contributed by atoms with Crippen LogP contribution in [0.15, 0.2) is 28.6 Å². The van der Waals surface area contributed by atoms with E-state index in [0.29, 0.717) is 20.8 Å². The number of urea groups is 1. The van der Waals surface area contributed by atoms with E-state index in [-0.39, 0.29) is 29.1 Å². The van der Waals surface area contributed by atoms with Gasteiger partial charge in [0.15, 0.2) is 4.34 Å². The summed E-state index contributed by atoms with van der Waals surface area (Å²) in [6, 6.07) is 6.45. The first-order valence-corrected chi connectivity index (χ1v) is 10.1. The maximum atomic E-state index is 12.1. The zero-order valence-electron chi connectivity index (χ0n) is 16.0. The summed E-state index contributed by atoms with van der Waals surface area (Å²) in [6.07, 6.45) is 0. The molecule has 150 valence electrons. The molecule has 9 nitrogen and oxygen atoms in total. The highest BCUT2D eigenvalue weighted by Crippen LogP contribution is 2.25. The van der Waals surface area contributed by atoms with Gasteiger partial charge in [0.2, 0.25) is 16.9 Å². The molecule has 11 heteroatoms. The van der Waals surface area contributed by atoms with E-state index in [4.69, 9.17) is 0 Å². The molecule has 0 saturated heterocycles. The zero-order chi connectivity index (χ0) is 20.7. The summed E-state index contributed by atoms with van der Waals surface area (Å²) in [5.74, 6) is -0.210. The second-order valence-electron chi connectivity index (χ2n) is 6.80. The van der Waals surface area contributed by atoms with Crippen molar-refractivity contribution >= 4 is 57.5 Å². The van der Waals surface area contributed by atoms with Crippen LogP contribution in [0.25, 0.3) is 0 Å². The highest BCUT2D eigenvalue weighted by Gasteiger charge is 2.15. The number of thioether (sulfide) groups is 1. The number of carbonyl (C=O) groups is 3. The average molecular weight is 423 g/mol. The predicted octanol–water partition coefficient (Wildman–Crippen LogP) is 3.15. The lowest BCUT2D eigenvalue weighted by atomic mass is 10.1. The number of carbonyl (C=O) groups excluding carboxylic acids is 3. The molecule has 2 rings (SSSR count). The van der Waals surface area contributed by atoms with Gasteiger partial charge in [-0.05, 0) is 45.0 Å². The molecule has 2 aromatic rings. The smallest absolute Gasteiger partial charge is 0.321 e. The molecule has 0 fully saturated rings. The first-order chi connectivity index (χ1) is 13.1. The first kappa shape index (κ1) is 21.6. The fourth-order valence-corrected chi connectivity index (χ4v) is 3.50. The minimum Gasteiger partial charge on any atom is -0.333 e. The van der Waals surface area contributed by atoms with Gasteiger partial charge in [-0.3, -0.25) is 14.9 Å². The summed E-state index contributed by atoms with van der Waals surface area (Å²) in [5, 5.41) is 19.0. The van der Waals surface area contributed by atoms with Crippen LogP contribution < -0.4 is 21.3 Å². The second-order valence-corrected chi connectivity index (χ2v) is 9.00. The number of nitrogens with one attached hydrogen (secondary N) is 4. The number of hydrogen-bond acceptors (Lipinski definition) is 7. The lowest BCUT2D eigenvalue weighted by molar-refractivity contribution is -0.114. The molecule has 1 aromatic carbocycles. The van der Waals surface area contributed by atoms with E-state index in [1.54, 1.807) is 24.3 Å². The summed E-state index contributed by atoms with van der Waals surface area (Å²) in [5.41, 5.74) is 0.924. The van der Waals surface area contributed by atoms with Crippen molar-refractivity contribution in [2.75, 3.05) is 21.7 Å². The van der Waals surface area contributed by atoms with E-state index in [2.05, 4.69) is 31.5 Å². The van der Waals surface area contributed by atoms with E-state index in [1.807, 2.05) is 20.8 Å². The molecule has 0 spiro atoms. The molecule has 0 radical (unpaired) electrons. The first-order valence-electron chi connectivity index (χ1n) is 8.34. The maximum Gasteiger partial charge on any atom is 0.321 e. The van der Waals surface area contributed by atoms with E-state index < -0.39 is 0 Å². The monoisotopic (exact) mass is 422 g/mol. The summed E-state index contributed by atoms with van der Waals surface area (Å²) in [7, 11) is 0. The summed E-state index contributed by atoms with van der Waals surface area (Å²) >= 11 is 2.42. The van der Waals surface area contributed by atoms with Gasteiger partial charge in [-0.15, -0.1) is 10.2 Å². The van der Waals surface area contributed by atoms with Gasteiger partial charge in [0, 0.05) is 23.8 Å². The van der Waals surface area contributed by atoms with Crippen molar-refractivity contribution in [1.29, 1.82) is 0 Å². The fourth-order valence-electron chi connectivity index (χ4n) is 1.95. The van der Waals surface area contributed by atoms with E-state index in [1.165, 1.54) is 30.0 Å². The second kappa shape index (κ2) is 9.51. The third kappa shape index (κ3) is 7.92. The number of amides is 4. The summed E-state index contributed by atoms with van der Waals surface area (Å²) < 4.78 is 0.571. The lowest BCUT2D eigenvalue weighted by Gasteiger charge is -2.19. The third-order valence-electron chi connectivity index (χ3n) is 2.93. The third-order valence-corrected chi connectivity index (χ3v) is 4.90. The van der Waals surface area contributed by atoms with Gasteiger partial charge in [0.1, 0.15) is 0 Å². The highest BCUT2D eigenvalue weighted by molar-refractivity contribution is 8.01. The Labute approximate surface area is 171 Å². The fraction of sp³-hybridized carbons (Fsp3) is 0.353. The molecular formula is C17H22N6O3S2. The summed E-state index contributed by atoms with van der Waals surface area (Å²) in [6.45, 7) is 7.05. The molecule has 0 atom stereocenters. The molecule has 0 bridgehead atoms. The van der Waals surface area contributed by atoms with Crippen molar-refractivity contribution in [1.82, 2.24) is 15.5 Å². The number of nitrogens with zero attached hydrogens (tertiary/aromatic N) is 2. The van der Waals surface area contributed by atoms with Crippen molar-refractivity contribution in [3.05, 3.63) is 24.3 Å². The van der Waals surface area contributed by atoms with Crippen molar-refractivity contribution in [3.63, 3.8) is 0 Å². The van der Waals surface area contributed by atoms with Crippen LogP contribution in [0.4, 0.5) is 21.3 Å². The molecule has 4 N–H and O–H groups in total. The maximum absolute atomic E-state index is 12.1. The summed E-state index contributed by atoms with van der Waals surface area (Å²) in [4.78, 5) is 34.9. The Bertz CT molecular complexity index is 845. The minimum atomic E-state index is -0.361. The van der Waals surface area contributed by atoms with Gasteiger partial charge in [-0.1, -0.05) is 23.1 Å². The molecule has 0 unspecified atom stereocenters. The van der Waals surface area contributed by atoms with E-state index >= 15 is 0 Å². The van der Waals surface area contributed by atoms with E-state index in [9.17, 15) is 14.4 Å². The molecule has 0 aliphatic carbocycles. The molecular weight excluding hydrogens is 400 g/mol. The number of aromatic nitrogens is 2. The molecule has 1 heterocycles. The number of rotatable bonds is 6. The average Bonchev–Trinajstić information content (AvgIpc) is 3.00. The van der Waals surface area contributed by atoms with Gasteiger partial charge in [0.05, 0.1) is 5.75 Å². The van der Waals surface area contributed by atoms with Crippen LogP contribution >= 0.6 is 23.1 Å². The molecule has 0 saturated carbocycles. The standard InChI is InChI=1S/C17H22N6O3S2/c1-10(24)18-11-5-7-12(8-6-11)19-13(25)9-27-16-23-22-15(28-16)20-14(26)21-17(2,3)4/h5-8H,9H2,1-4H3,(H,18,24)(H,19,25)(H2,20,21,22,26). The minimum absolute atomic E-state index is 0.149. The van der Waals surface area contributed by atoms with Crippen LogP contribution in [-0.4, -0.2) is 39.3 Å². The predicted molar refractivity (Wildman–Crippen MR) is 112 cm³/mol. The van der Waals surface area contributed by atoms with Crippen LogP contribution in [0.5, 0.6) is 0 Å². The number of anilines is 3. The molecule has 28 heavy (non-hydrogen) atoms. The highest BCUT2D eigenvalue weighted by atomic mass is 32.2. The Morgan fingerprint density at radius 3 is 2.18 bits per heavy atom. The van der Waals surface area contributed by atoms with Crippen LogP contribution in [0.3, 0.4) is 0 Å². The Balaban J connectivity index is 1.79. The Kier molecular flexibility index (Phi) is 7.35. The van der Waals surface area contributed by atoms with Gasteiger partial charge in [0.25, 0.3) is 0 Å². The van der Waals surface area contributed by atoms with Crippen molar-refractivity contribution < 1.29 is 14.4 Å². The largest absolute Gasteiger partial charge is 0.333 e. The zero-order valence-corrected chi connectivity index (χ0v) is 17.6. The lowest BCUT2D eigenvalue weighted by Crippen LogP contribution is -2.43. The van der Waals surface area contributed by atoms with Crippen LogP contribution in [0.1, 0.15) is 27.7 Å². The number of benzene rings is 1. The Morgan fingerprint density at radius 1 is 1.00 bits per heavy atom. The van der Waals surface area contributed by atoms with Gasteiger partial charge >= 0.3 is 6.03 Å². The van der Waals surface area contributed by atoms with Gasteiger partial charge in [-0.2, -0.15) is 0 Å². The van der Waals surface area contributed by atoms with E-state index in [0.717, 1.165) is 0 Å². The SMILES string of the molecule is CC(=O)Nc1ccc(NC(=O)CSc2nnc(NC(=O)NC(C)(C)C)s2)cc1. The molecule has 4 amide bonds. The molecule has 1 aromatic heterocycles. The Hall–Kier alpha value is -2.66. The normalized spacial score (nSPS) is 10.9. The number of hydrogen-bond donors (Lipinski definition) is 4.